The number of benzene rings is 1. The maximum absolute atomic E-state index is 12.0. The van der Waals surface area contributed by atoms with Crippen molar-refractivity contribution in [2.75, 3.05) is 7.11 Å². The van der Waals surface area contributed by atoms with E-state index in [1.165, 1.54) is 12.8 Å². The molecule has 0 unspecified atom stereocenters. The SMILES string of the molecule is COc1ccc2c(ccn2CC(=O)OC2CCCC2)c1. The van der Waals surface area contributed by atoms with E-state index >= 15 is 0 Å². The van der Waals surface area contributed by atoms with Crippen molar-refractivity contribution in [3.63, 3.8) is 0 Å². The molecule has 20 heavy (non-hydrogen) atoms. The third kappa shape index (κ3) is 2.64. The van der Waals surface area contributed by atoms with E-state index in [0.717, 1.165) is 29.5 Å². The first kappa shape index (κ1) is 13.0. The fraction of sp³-hybridized carbons (Fsp3) is 0.438. The molecule has 3 rings (SSSR count). The van der Waals surface area contributed by atoms with Gasteiger partial charge in [0, 0.05) is 17.1 Å². The van der Waals surface area contributed by atoms with Crippen molar-refractivity contribution in [3.05, 3.63) is 30.5 Å². The highest BCUT2D eigenvalue weighted by Gasteiger charge is 2.19. The second-order valence-corrected chi connectivity index (χ2v) is 5.26. The number of ether oxygens (including phenoxy) is 2. The van der Waals surface area contributed by atoms with Crippen LogP contribution in [0.25, 0.3) is 10.9 Å². The van der Waals surface area contributed by atoms with Gasteiger partial charge in [0.15, 0.2) is 0 Å². The van der Waals surface area contributed by atoms with Gasteiger partial charge in [0.2, 0.25) is 0 Å². The summed E-state index contributed by atoms with van der Waals surface area (Å²) in [6, 6.07) is 7.83. The molecule has 1 aliphatic carbocycles. The average molecular weight is 273 g/mol. The van der Waals surface area contributed by atoms with Gasteiger partial charge in [-0.2, -0.15) is 0 Å². The number of aromatic nitrogens is 1. The first-order valence-electron chi connectivity index (χ1n) is 7.08. The zero-order chi connectivity index (χ0) is 13.9. The zero-order valence-corrected chi connectivity index (χ0v) is 11.7. The number of esters is 1. The molecule has 106 valence electrons. The Hall–Kier alpha value is -1.97. The lowest BCUT2D eigenvalue weighted by Crippen LogP contribution is -2.19. The van der Waals surface area contributed by atoms with Crippen molar-refractivity contribution in [2.24, 2.45) is 0 Å². The molecule has 1 aromatic carbocycles. The van der Waals surface area contributed by atoms with Gasteiger partial charge >= 0.3 is 5.97 Å². The molecule has 0 aliphatic heterocycles. The molecule has 1 saturated carbocycles. The van der Waals surface area contributed by atoms with Crippen LogP contribution in [0.3, 0.4) is 0 Å². The molecule has 0 amide bonds. The monoisotopic (exact) mass is 273 g/mol. The van der Waals surface area contributed by atoms with Crippen molar-refractivity contribution in [1.29, 1.82) is 0 Å². The largest absolute Gasteiger partial charge is 0.497 e. The van der Waals surface area contributed by atoms with Gasteiger partial charge in [-0.3, -0.25) is 4.79 Å². The minimum Gasteiger partial charge on any atom is -0.497 e. The Morgan fingerprint density at radius 1 is 1.30 bits per heavy atom. The van der Waals surface area contributed by atoms with Crippen LogP contribution >= 0.6 is 0 Å². The van der Waals surface area contributed by atoms with Crippen LogP contribution in [0.1, 0.15) is 25.7 Å². The highest BCUT2D eigenvalue weighted by Crippen LogP contribution is 2.23. The van der Waals surface area contributed by atoms with Crippen molar-refractivity contribution in [2.45, 2.75) is 38.3 Å². The molecule has 0 saturated heterocycles. The lowest BCUT2D eigenvalue weighted by Gasteiger charge is -2.12. The summed E-state index contributed by atoms with van der Waals surface area (Å²) in [5, 5.41) is 1.07. The van der Waals surface area contributed by atoms with Crippen LogP contribution < -0.4 is 4.74 Å². The summed E-state index contributed by atoms with van der Waals surface area (Å²) in [5.74, 6) is 0.675. The topological polar surface area (TPSA) is 40.5 Å². The van der Waals surface area contributed by atoms with E-state index in [9.17, 15) is 4.79 Å². The van der Waals surface area contributed by atoms with Crippen molar-refractivity contribution in [1.82, 2.24) is 4.57 Å². The fourth-order valence-electron chi connectivity index (χ4n) is 2.81. The third-order valence-corrected chi connectivity index (χ3v) is 3.88. The maximum Gasteiger partial charge on any atom is 0.326 e. The molecular formula is C16H19NO3. The van der Waals surface area contributed by atoms with E-state index in [-0.39, 0.29) is 18.6 Å². The van der Waals surface area contributed by atoms with E-state index in [1.807, 2.05) is 35.0 Å². The Kier molecular flexibility index (Phi) is 3.63. The van der Waals surface area contributed by atoms with Gasteiger partial charge in [-0.15, -0.1) is 0 Å². The molecule has 4 heteroatoms. The predicted molar refractivity (Wildman–Crippen MR) is 76.8 cm³/mol. The van der Waals surface area contributed by atoms with Crippen LogP contribution in [0.4, 0.5) is 0 Å². The summed E-state index contributed by atoms with van der Waals surface area (Å²) >= 11 is 0. The van der Waals surface area contributed by atoms with E-state index in [1.54, 1.807) is 7.11 Å². The lowest BCUT2D eigenvalue weighted by molar-refractivity contribution is -0.149. The van der Waals surface area contributed by atoms with E-state index < -0.39 is 0 Å². The molecule has 1 aliphatic rings. The van der Waals surface area contributed by atoms with E-state index in [4.69, 9.17) is 9.47 Å². The summed E-state index contributed by atoms with van der Waals surface area (Å²) in [4.78, 5) is 12.0. The molecule has 2 aromatic rings. The lowest BCUT2D eigenvalue weighted by atomic mass is 10.2. The smallest absolute Gasteiger partial charge is 0.326 e. The summed E-state index contributed by atoms with van der Waals surface area (Å²) in [7, 11) is 1.65. The van der Waals surface area contributed by atoms with Gasteiger partial charge in [0.1, 0.15) is 18.4 Å². The predicted octanol–water partition coefficient (Wildman–Crippen LogP) is 3.14. The Bertz CT molecular complexity index is 611. The second-order valence-electron chi connectivity index (χ2n) is 5.26. The third-order valence-electron chi connectivity index (χ3n) is 3.88. The van der Waals surface area contributed by atoms with Crippen molar-refractivity contribution >= 4 is 16.9 Å². The second kappa shape index (κ2) is 5.57. The number of fused-ring (bicyclic) bond motifs is 1. The number of carbonyl (C=O) groups is 1. The van der Waals surface area contributed by atoms with Gasteiger partial charge < -0.3 is 14.0 Å². The molecule has 4 nitrogen and oxygen atoms in total. The Morgan fingerprint density at radius 3 is 2.85 bits per heavy atom. The van der Waals surface area contributed by atoms with E-state index in [0.29, 0.717) is 0 Å². The number of rotatable bonds is 4. The Morgan fingerprint density at radius 2 is 2.10 bits per heavy atom. The van der Waals surface area contributed by atoms with Crippen LogP contribution in [0, 0.1) is 0 Å². The molecule has 1 fully saturated rings. The average Bonchev–Trinajstić information content (AvgIpc) is 3.08. The number of hydrogen-bond acceptors (Lipinski definition) is 3. The molecule has 0 radical (unpaired) electrons. The van der Waals surface area contributed by atoms with Crippen LogP contribution in [-0.2, 0) is 16.1 Å². The highest BCUT2D eigenvalue weighted by atomic mass is 16.5. The minimum absolute atomic E-state index is 0.129. The standard InChI is InChI=1S/C16H19NO3/c1-19-14-6-7-15-12(10-14)8-9-17(15)11-16(18)20-13-4-2-3-5-13/h6-10,13H,2-5,11H2,1H3. The Labute approximate surface area is 118 Å². The first-order valence-corrected chi connectivity index (χ1v) is 7.08. The molecule has 1 heterocycles. The van der Waals surface area contributed by atoms with E-state index in [2.05, 4.69) is 0 Å². The molecule has 0 atom stereocenters. The highest BCUT2D eigenvalue weighted by molar-refractivity contribution is 5.83. The molecule has 0 spiro atoms. The zero-order valence-electron chi connectivity index (χ0n) is 11.7. The normalized spacial score (nSPS) is 15.7. The Balaban J connectivity index is 1.72. The molecule has 0 N–H and O–H groups in total. The molecule has 1 aromatic heterocycles. The van der Waals surface area contributed by atoms with Gasteiger partial charge in [0.25, 0.3) is 0 Å². The minimum atomic E-state index is -0.148. The van der Waals surface area contributed by atoms with Crippen LogP contribution in [0.2, 0.25) is 0 Å². The number of methoxy groups -OCH3 is 1. The fourth-order valence-corrected chi connectivity index (χ4v) is 2.81. The van der Waals surface area contributed by atoms with Crippen LogP contribution in [-0.4, -0.2) is 23.8 Å². The maximum atomic E-state index is 12.0. The number of carbonyl (C=O) groups excluding carboxylic acids is 1. The summed E-state index contributed by atoms with van der Waals surface area (Å²) < 4.78 is 12.6. The number of hydrogen-bond donors (Lipinski definition) is 0. The quantitative estimate of drug-likeness (QED) is 0.803. The summed E-state index contributed by atoms with van der Waals surface area (Å²) in [5.41, 5.74) is 1.02. The van der Waals surface area contributed by atoms with Gasteiger partial charge in [-0.25, -0.2) is 0 Å². The summed E-state index contributed by atoms with van der Waals surface area (Å²) in [6.07, 6.45) is 6.41. The van der Waals surface area contributed by atoms with Crippen LogP contribution in [0.15, 0.2) is 30.5 Å². The van der Waals surface area contributed by atoms with Gasteiger partial charge in [-0.1, -0.05) is 0 Å². The molecular weight excluding hydrogens is 254 g/mol. The van der Waals surface area contributed by atoms with Gasteiger partial charge in [-0.05, 0) is 49.9 Å². The van der Waals surface area contributed by atoms with Crippen molar-refractivity contribution in [3.8, 4) is 5.75 Å². The molecule has 0 bridgehead atoms. The summed E-state index contributed by atoms with van der Waals surface area (Å²) in [6.45, 7) is 0.270. The van der Waals surface area contributed by atoms with Crippen molar-refractivity contribution < 1.29 is 14.3 Å². The van der Waals surface area contributed by atoms with Gasteiger partial charge in [0.05, 0.1) is 7.11 Å². The number of nitrogens with zero attached hydrogens (tertiary/aromatic N) is 1. The van der Waals surface area contributed by atoms with Crippen LogP contribution in [0.5, 0.6) is 5.75 Å². The first-order chi connectivity index (χ1) is 9.76.